The maximum atomic E-state index is 5.96. The first-order valence-electron chi connectivity index (χ1n) is 9.12. The van der Waals surface area contributed by atoms with E-state index in [1.165, 1.54) is 16.7 Å². The average molecular weight is 341 g/mol. The third kappa shape index (κ3) is 3.58. The molecule has 1 aromatic heterocycles. The third-order valence-corrected chi connectivity index (χ3v) is 5.13. The van der Waals surface area contributed by atoms with Gasteiger partial charge in [0.1, 0.15) is 11.4 Å². The molecular formula is C20H27N3O2. The lowest BCUT2D eigenvalue weighted by molar-refractivity contribution is 0.0904. The number of aryl methyl sites for hydroxylation is 1. The van der Waals surface area contributed by atoms with Gasteiger partial charge in [0.15, 0.2) is 0 Å². The quantitative estimate of drug-likeness (QED) is 0.908. The lowest BCUT2D eigenvalue weighted by atomic mass is 9.97. The van der Waals surface area contributed by atoms with E-state index in [1.54, 1.807) is 0 Å². The summed E-state index contributed by atoms with van der Waals surface area (Å²) in [6.45, 7) is 6.95. The summed E-state index contributed by atoms with van der Waals surface area (Å²) in [4.78, 5) is 0. The summed E-state index contributed by atoms with van der Waals surface area (Å²) >= 11 is 0. The monoisotopic (exact) mass is 341 g/mol. The first kappa shape index (κ1) is 16.6. The Bertz CT molecular complexity index is 753. The highest BCUT2D eigenvalue weighted by molar-refractivity contribution is 5.41. The van der Waals surface area contributed by atoms with Crippen LogP contribution >= 0.6 is 0 Å². The summed E-state index contributed by atoms with van der Waals surface area (Å²) in [5.41, 5.74) is 3.74. The summed E-state index contributed by atoms with van der Waals surface area (Å²) in [6, 6.07) is 6.55. The number of benzene rings is 1. The Morgan fingerprint density at radius 2 is 2.24 bits per heavy atom. The minimum Gasteiger partial charge on any atom is -0.487 e. The summed E-state index contributed by atoms with van der Waals surface area (Å²) in [7, 11) is 1.95. The molecule has 0 amide bonds. The van der Waals surface area contributed by atoms with Gasteiger partial charge in [0.05, 0.1) is 12.3 Å². The van der Waals surface area contributed by atoms with Crippen LogP contribution in [0.3, 0.4) is 0 Å². The summed E-state index contributed by atoms with van der Waals surface area (Å²) in [5.74, 6) is 1.54. The van der Waals surface area contributed by atoms with E-state index in [9.17, 15) is 0 Å². The fourth-order valence-corrected chi connectivity index (χ4v) is 3.97. The van der Waals surface area contributed by atoms with Gasteiger partial charge in [-0.05, 0) is 37.5 Å². The van der Waals surface area contributed by atoms with Gasteiger partial charge in [-0.25, -0.2) is 0 Å². The zero-order chi connectivity index (χ0) is 17.4. The van der Waals surface area contributed by atoms with Gasteiger partial charge in [-0.3, -0.25) is 4.68 Å². The molecule has 25 heavy (non-hydrogen) atoms. The van der Waals surface area contributed by atoms with Crippen molar-refractivity contribution in [2.75, 3.05) is 13.2 Å². The molecule has 0 unspecified atom stereocenters. The summed E-state index contributed by atoms with van der Waals surface area (Å²) < 4.78 is 13.7. The van der Waals surface area contributed by atoms with Crippen LogP contribution in [0.5, 0.6) is 5.75 Å². The van der Waals surface area contributed by atoms with E-state index in [0.29, 0.717) is 5.92 Å². The number of nitrogens with zero attached hydrogens (tertiary/aromatic N) is 2. The highest BCUT2D eigenvalue weighted by atomic mass is 16.5. The van der Waals surface area contributed by atoms with Crippen molar-refractivity contribution in [1.82, 2.24) is 15.1 Å². The first-order chi connectivity index (χ1) is 12.0. The SMILES string of the molecule is Cn1cc([C@H]2OCC[C@H]2CNCc2ccc3c(c2)CC(C)(C)O3)cn1. The Labute approximate surface area is 149 Å². The molecule has 2 atom stereocenters. The van der Waals surface area contributed by atoms with Gasteiger partial charge in [-0.1, -0.05) is 12.1 Å². The molecular weight excluding hydrogens is 314 g/mol. The van der Waals surface area contributed by atoms with Gasteiger partial charge < -0.3 is 14.8 Å². The van der Waals surface area contributed by atoms with Crippen molar-refractivity contribution in [2.24, 2.45) is 13.0 Å². The van der Waals surface area contributed by atoms with Crippen molar-refractivity contribution >= 4 is 0 Å². The highest BCUT2D eigenvalue weighted by Crippen LogP contribution is 2.36. The zero-order valence-corrected chi connectivity index (χ0v) is 15.3. The lowest BCUT2D eigenvalue weighted by Gasteiger charge is -2.18. The number of rotatable bonds is 5. The van der Waals surface area contributed by atoms with Gasteiger partial charge in [0.2, 0.25) is 0 Å². The molecule has 0 saturated carbocycles. The molecule has 5 nitrogen and oxygen atoms in total. The summed E-state index contributed by atoms with van der Waals surface area (Å²) in [6.07, 6.45) is 6.22. The molecule has 0 radical (unpaired) electrons. The Hall–Kier alpha value is -1.85. The van der Waals surface area contributed by atoms with Crippen LogP contribution in [0.4, 0.5) is 0 Å². The second kappa shape index (κ2) is 6.46. The smallest absolute Gasteiger partial charge is 0.123 e. The van der Waals surface area contributed by atoms with Crippen molar-refractivity contribution in [3.8, 4) is 5.75 Å². The molecule has 1 fully saturated rings. The molecule has 0 spiro atoms. The predicted molar refractivity (Wildman–Crippen MR) is 96.6 cm³/mol. The predicted octanol–water partition coefficient (Wildman–Crippen LogP) is 3.00. The highest BCUT2D eigenvalue weighted by Gasteiger charge is 2.31. The summed E-state index contributed by atoms with van der Waals surface area (Å²) in [5, 5.41) is 7.89. The van der Waals surface area contributed by atoms with Gasteiger partial charge >= 0.3 is 0 Å². The van der Waals surface area contributed by atoms with Gasteiger partial charge in [0, 0.05) is 50.8 Å². The van der Waals surface area contributed by atoms with Gasteiger partial charge in [0.25, 0.3) is 0 Å². The molecule has 134 valence electrons. The molecule has 5 heteroatoms. The fraction of sp³-hybridized carbons (Fsp3) is 0.550. The van der Waals surface area contributed by atoms with E-state index >= 15 is 0 Å². The topological polar surface area (TPSA) is 48.3 Å². The Balaban J connectivity index is 1.34. The lowest BCUT2D eigenvalue weighted by Crippen LogP contribution is -2.24. The van der Waals surface area contributed by atoms with Crippen molar-refractivity contribution in [2.45, 2.75) is 44.9 Å². The maximum Gasteiger partial charge on any atom is 0.123 e. The average Bonchev–Trinajstić information content (AvgIpc) is 3.24. The van der Waals surface area contributed by atoms with Crippen LogP contribution in [0.25, 0.3) is 0 Å². The molecule has 0 aliphatic carbocycles. The molecule has 2 aliphatic rings. The van der Waals surface area contributed by atoms with Crippen LogP contribution in [0.1, 0.15) is 43.1 Å². The van der Waals surface area contributed by atoms with Gasteiger partial charge in [-0.15, -0.1) is 0 Å². The Morgan fingerprint density at radius 3 is 3.04 bits per heavy atom. The second-order valence-corrected chi connectivity index (χ2v) is 7.90. The molecule has 2 aliphatic heterocycles. The molecule has 1 N–H and O–H groups in total. The molecule has 1 aromatic carbocycles. The minimum absolute atomic E-state index is 0.0769. The van der Waals surface area contributed by atoms with Crippen molar-refractivity contribution < 1.29 is 9.47 Å². The Morgan fingerprint density at radius 1 is 1.36 bits per heavy atom. The molecule has 0 bridgehead atoms. The second-order valence-electron chi connectivity index (χ2n) is 7.90. The van der Waals surface area contributed by atoms with E-state index in [1.807, 2.05) is 17.9 Å². The largest absolute Gasteiger partial charge is 0.487 e. The van der Waals surface area contributed by atoms with Crippen LogP contribution in [-0.2, 0) is 24.8 Å². The van der Waals surface area contributed by atoms with Crippen molar-refractivity contribution in [3.05, 3.63) is 47.3 Å². The number of nitrogens with one attached hydrogen (secondary N) is 1. The maximum absolute atomic E-state index is 5.96. The van der Waals surface area contributed by atoms with E-state index < -0.39 is 0 Å². The van der Waals surface area contributed by atoms with Crippen LogP contribution in [0.2, 0.25) is 0 Å². The van der Waals surface area contributed by atoms with Crippen LogP contribution in [0.15, 0.2) is 30.6 Å². The first-order valence-corrected chi connectivity index (χ1v) is 9.12. The van der Waals surface area contributed by atoms with E-state index in [-0.39, 0.29) is 11.7 Å². The van der Waals surface area contributed by atoms with Crippen LogP contribution < -0.4 is 10.1 Å². The van der Waals surface area contributed by atoms with Crippen molar-refractivity contribution in [3.63, 3.8) is 0 Å². The molecule has 2 aromatic rings. The van der Waals surface area contributed by atoms with E-state index in [0.717, 1.165) is 38.3 Å². The molecule has 4 rings (SSSR count). The minimum atomic E-state index is -0.0769. The third-order valence-electron chi connectivity index (χ3n) is 5.13. The number of hydrogen-bond donors (Lipinski definition) is 1. The fourth-order valence-electron chi connectivity index (χ4n) is 3.97. The molecule has 1 saturated heterocycles. The zero-order valence-electron chi connectivity index (χ0n) is 15.3. The number of fused-ring (bicyclic) bond motifs is 1. The van der Waals surface area contributed by atoms with Crippen LogP contribution in [-0.4, -0.2) is 28.5 Å². The number of ether oxygens (including phenoxy) is 2. The van der Waals surface area contributed by atoms with E-state index in [2.05, 4.69) is 48.7 Å². The number of aromatic nitrogens is 2. The van der Waals surface area contributed by atoms with Gasteiger partial charge in [-0.2, -0.15) is 5.10 Å². The molecule has 3 heterocycles. The van der Waals surface area contributed by atoms with E-state index in [4.69, 9.17) is 9.47 Å². The normalized spacial score (nSPS) is 24.3. The van der Waals surface area contributed by atoms with Crippen molar-refractivity contribution in [1.29, 1.82) is 0 Å². The van der Waals surface area contributed by atoms with Crippen LogP contribution in [0, 0.1) is 5.92 Å². The Kier molecular flexibility index (Phi) is 4.29. The number of hydrogen-bond acceptors (Lipinski definition) is 4. The standard InChI is InChI=1S/C20H27N3O2/c1-20(2)9-16-8-14(4-5-18(16)25-20)10-21-11-15-6-7-24-19(15)17-12-22-23(3)13-17/h4-5,8,12-13,15,19,21H,6-7,9-11H2,1-3H3/t15-,19-/m0/s1.